The molecule has 2 aromatic rings. The van der Waals surface area contributed by atoms with Gasteiger partial charge >= 0.3 is 5.97 Å². The maximum Gasteiger partial charge on any atom is 0.338 e. The molecule has 2 aromatic carbocycles. The Labute approximate surface area is 197 Å². The number of rotatable bonds is 9. The lowest BCUT2D eigenvalue weighted by Gasteiger charge is -2.39. The van der Waals surface area contributed by atoms with E-state index in [1.165, 1.54) is 0 Å². The van der Waals surface area contributed by atoms with Crippen molar-refractivity contribution in [1.29, 1.82) is 0 Å². The van der Waals surface area contributed by atoms with Gasteiger partial charge in [0.1, 0.15) is 5.75 Å². The Bertz CT molecular complexity index is 974. The van der Waals surface area contributed by atoms with Crippen LogP contribution in [-0.4, -0.2) is 49.1 Å². The van der Waals surface area contributed by atoms with Gasteiger partial charge in [0, 0.05) is 18.5 Å². The van der Waals surface area contributed by atoms with E-state index in [4.69, 9.17) is 9.47 Å². The number of fused-ring (bicyclic) bond motifs is 1. The molecule has 1 fully saturated rings. The molecule has 1 unspecified atom stereocenters. The van der Waals surface area contributed by atoms with Gasteiger partial charge in [-0.1, -0.05) is 44.4 Å². The SMILES string of the molecule is CCCCNC(=O)C1(C)CCCCCN1Cc1cccc2c(OC)cc(C(=O)OCC)cc12. The number of hydrogen-bond donors (Lipinski definition) is 1. The topological polar surface area (TPSA) is 67.9 Å². The third-order valence-corrected chi connectivity index (χ3v) is 6.74. The number of hydrogen-bond acceptors (Lipinski definition) is 5. The second-order valence-corrected chi connectivity index (χ2v) is 9.03. The summed E-state index contributed by atoms with van der Waals surface area (Å²) in [5.41, 5.74) is 0.992. The lowest BCUT2D eigenvalue weighted by atomic mass is 9.91. The zero-order valence-corrected chi connectivity index (χ0v) is 20.5. The number of methoxy groups -OCH3 is 1. The van der Waals surface area contributed by atoms with Crippen molar-refractivity contribution in [2.45, 2.75) is 71.4 Å². The van der Waals surface area contributed by atoms with E-state index in [0.29, 0.717) is 31.0 Å². The zero-order valence-electron chi connectivity index (χ0n) is 20.5. The first-order chi connectivity index (χ1) is 15.9. The Morgan fingerprint density at radius 1 is 1.12 bits per heavy atom. The van der Waals surface area contributed by atoms with Crippen LogP contribution in [-0.2, 0) is 16.1 Å². The predicted molar refractivity (Wildman–Crippen MR) is 132 cm³/mol. The number of benzene rings is 2. The Kier molecular flexibility index (Phi) is 8.73. The van der Waals surface area contributed by atoms with Gasteiger partial charge in [0.2, 0.25) is 5.91 Å². The number of esters is 1. The highest BCUT2D eigenvalue weighted by Gasteiger charge is 2.40. The molecule has 3 rings (SSSR count). The summed E-state index contributed by atoms with van der Waals surface area (Å²) >= 11 is 0. The van der Waals surface area contributed by atoms with Gasteiger partial charge in [0.15, 0.2) is 0 Å². The molecule has 0 saturated carbocycles. The maximum atomic E-state index is 13.3. The van der Waals surface area contributed by atoms with Crippen molar-refractivity contribution in [3.8, 4) is 5.75 Å². The predicted octanol–water partition coefficient (Wildman–Crippen LogP) is 5.08. The highest BCUT2D eigenvalue weighted by molar-refractivity contribution is 5.99. The average molecular weight is 455 g/mol. The van der Waals surface area contributed by atoms with Crippen molar-refractivity contribution < 1.29 is 19.1 Å². The summed E-state index contributed by atoms with van der Waals surface area (Å²) in [6.45, 7) is 8.54. The number of carbonyl (C=O) groups excluding carboxylic acids is 2. The van der Waals surface area contributed by atoms with E-state index in [-0.39, 0.29) is 11.9 Å². The molecule has 1 saturated heterocycles. The van der Waals surface area contributed by atoms with Gasteiger partial charge in [-0.3, -0.25) is 9.69 Å². The quantitative estimate of drug-likeness (QED) is 0.423. The Hall–Kier alpha value is -2.60. The molecule has 6 heteroatoms. The number of carbonyl (C=O) groups is 2. The largest absolute Gasteiger partial charge is 0.496 e. The lowest BCUT2D eigenvalue weighted by Crippen LogP contribution is -2.56. The molecule has 180 valence electrons. The molecule has 33 heavy (non-hydrogen) atoms. The monoisotopic (exact) mass is 454 g/mol. The molecule has 0 aromatic heterocycles. The van der Waals surface area contributed by atoms with Gasteiger partial charge in [0.25, 0.3) is 0 Å². The van der Waals surface area contributed by atoms with Crippen molar-refractivity contribution >= 4 is 22.6 Å². The second kappa shape index (κ2) is 11.5. The van der Waals surface area contributed by atoms with Gasteiger partial charge in [-0.2, -0.15) is 0 Å². The van der Waals surface area contributed by atoms with Gasteiger partial charge in [-0.25, -0.2) is 4.79 Å². The fraction of sp³-hybridized carbons (Fsp3) is 0.556. The van der Waals surface area contributed by atoms with E-state index in [9.17, 15) is 9.59 Å². The first-order valence-corrected chi connectivity index (χ1v) is 12.2. The summed E-state index contributed by atoms with van der Waals surface area (Å²) < 4.78 is 10.8. The Morgan fingerprint density at radius 3 is 2.67 bits per heavy atom. The Morgan fingerprint density at radius 2 is 1.94 bits per heavy atom. The summed E-state index contributed by atoms with van der Waals surface area (Å²) in [4.78, 5) is 28.1. The van der Waals surface area contributed by atoms with Gasteiger partial charge in [0.05, 0.1) is 24.8 Å². The minimum absolute atomic E-state index is 0.114. The van der Waals surface area contributed by atoms with Crippen LogP contribution in [0.25, 0.3) is 10.8 Å². The summed E-state index contributed by atoms with van der Waals surface area (Å²) in [7, 11) is 1.61. The second-order valence-electron chi connectivity index (χ2n) is 9.03. The van der Waals surface area contributed by atoms with E-state index in [1.54, 1.807) is 20.1 Å². The maximum absolute atomic E-state index is 13.3. The van der Waals surface area contributed by atoms with Crippen LogP contribution in [0.4, 0.5) is 0 Å². The molecular formula is C27H38N2O4. The zero-order chi connectivity index (χ0) is 23.8. The van der Waals surface area contributed by atoms with Gasteiger partial charge in [-0.15, -0.1) is 0 Å². The van der Waals surface area contributed by atoms with Crippen molar-refractivity contribution in [2.24, 2.45) is 0 Å². The molecule has 1 amide bonds. The normalized spacial score (nSPS) is 19.2. The number of likely N-dealkylation sites (tertiary alicyclic amines) is 1. The molecular weight excluding hydrogens is 416 g/mol. The van der Waals surface area contributed by atoms with Crippen molar-refractivity contribution in [3.05, 3.63) is 41.5 Å². The van der Waals surface area contributed by atoms with Crippen LogP contribution < -0.4 is 10.1 Å². The molecule has 6 nitrogen and oxygen atoms in total. The molecule has 0 bridgehead atoms. The van der Waals surface area contributed by atoms with Crippen LogP contribution in [0.3, 0.4) is 0 Å². The number of nitrogens with zero attached hydrogens (tertiary/aromatic N) is 1. The van der Waals surface area contributed by atoms with Crippen molar-refractivity contribution in [1.82, 2.24) is 10.2 Å². The molecule has 0 spiro atoms. The smallest absolute Gasteiger partial charge is 0.338 e. The number of amides is 1. The third kappa shape index (κ3) is 5.67. The van der Waals surface area contributed by atoms with E-state index in [2.05, 4.69) is 30.1 Å². The van der Waals surface area contributed by atoms with Crippen LogP contribution in [0.5, 0.6) is 5.75 Å². The standard InChI is InChI=1S/C27H38N2O4/c1-5-7-15-28-26(31)27(3)14-9-8-10-16-29(27)19-20-12-11-13-22-23(20)17-21(18-24(22)32-4)25(30)33-6-2/h11-13,17-18H,5-10,14-16,19H2,1-4H3,(H,28,31). The first-order valence-electron chi connectivity index (χ1n) is 12.2. The molecule has 1 N–H and O–H groups in total. The van der Waals surface area contributed by atoms with Crippen LogP contribution in [0.1, 0.15) is 75.2 Å². The fourth-order valence-corrected chi connectivity index (χ4v) is 4.69. The van der Waals surface area contributed by atoms with Crippen LogP contribution in [0.2, 0.25) is 0 Å². The van der Waals surface area contributed by atoms with Crippen molar-refractivity contribution in [2.75, 3.05) is 26.8 Å². The summed E-state index contributed by atoms with van der Waals surface area (Å²) in [6.07, 6.45) is 6.13. The molecule has 1 aliphatic rings. The van der Waals surface area contributed by atoms with Crippen molar-refractivity contribution in [3.63, 3.8) is 0 Å². The lowest BCUT2D eigenvalue weighted by molar-refractivity contribution is -0.133. The van der Waals surface area contributed by atoms with E-state index < -0.39 is 5.54 Å². The van der Waals surface area contributed by atoms with E-state index in [0.717, 1.165) is 61.4 Å². The summed E-state index contributed by atoms with van der Waals surface area (Å²) in [6, 6.07) is 9.73. The Balaban J connectivity index is 1.99. The van der Waals surface area contributed by atoms with E-state index >= 15 is 0 Å². The molecule has 1 heterocycles. The number of ether oxygens (including phenoxy) is 2. The first kappa shape index (κ1) is 25.0. The summed E-state index contributed by atoms with van der Waals surface area (Å²) in [5.74, 6) is 0.402. The minimum atomic E-state index is -0.560. The van der Waals surface area contributed by atoms with Crippen LogP contribution in [0, 0.1) is 0 Å². The number of unbranched alkanes of at least 4 members (excludes halogenated alkanes) is 1. The van der Waals surface area contributed by atoms with Crippen LogP contribution in [0.15, 0.2) is 30.3 Å². The third-order valence-electron chi connectivity index (χ3n) is 6.74. The average Bonchev–Trinajstić information content (AvgIpc) is 3.01. The summed E-state index contributed by atoms with van der Waals surface area (Å²) in [5, 5.41) is 5.08. The molecule has 1 atom stereocenters. The van der Waals surface area contributed by atoms with Crippen LogP contribution >= 0.6 is 0 Å². The number of nitrogens with one attached hydrogen (secondary N) is 1. The molecule has 0 radical (unpaired) electrons. The molecule has 1 aliphatic heterocycles. The van der Waals surface area contributed by atoms with E-state index in [1.807, 2.05) is 18.2 Å². The fourth-order valence-electron chi connectivity index (χ4n) is 4.69. The minimum Gasteiger partial charge on any atom is -0.496 e. The van der Waals surface area contributed by atoms with Gasteiger partial charge in [-0.05, 0) is 62.7 Å². The highest BCUT2D eigenvalue weighted by atomic mass is 16.5. The highest BCUT2D eigenvalue weighted by Crippen LogP contribution is 2.34. The van der Waals surface area contributed by atoms with Gasteiger partial charge < -0.3 is 14.8 Å². The molecule has 0 aliphatic carbocycles.